The van der Waals surface area contributed by atoms with Crippen molar-refractivity contribution in [2.75, 3.05) is 31.5 Å². The Morgan fingerprint density at radius 2 is 1.79 bits per heavy atom. The number of carbonyl (C=O) groups excluding carboxylic acids is 2. The molecule has 1 fully saturated rings. The van der Waals surface area contributed by atoms with Gasteiger partial charge in [-0.15, -0.1) is 0 Å². The molecule has 24 heavy (non-hydrogen) atoms. The number of benzene rings is 1. The molecule has 1 heterocycles. The third-order valence-electron chi connectivity index (χ3n) is 3.87. The normalized spacial score (nSPS) is 15.7. The lowest BCUT2D eigenvalue weighted by molar-refractivity contribution is -0.138. The van der Waals surface area contributed by atoms with Crippen LogP contribution in [0.1, 0.15) is 12.8 Å². The van der Waals surface area contributed by atoms with Crippen LogP contribution in [0, 0.1) is 5.92 Å². The van der Waals surface area contributed by atoms with Gasteiger partial charge in [0.1, 0.15) is 6.54 Å². The molecule has 3 N–H and O–H groups in total. The van der Waals surface area contributed by atoms with E-state index >= 15 is 0 Å². The van der Waals surface area contributed by atoms with E-state index in [0.717, 1.165) is 10.2 Å². The first-order valence-corrected chi connectivity index (χ1v) is 8.50. The lowest BCUT2D eigenvalue weighted by atomic mass is 9.96. The first kappa shape index (κ1) is 18.4. The lowest BCUT2D eigenvalue weighted by Gasteiger charge is -2.30. The Kier molecular flexibility index (Phi) is 6.74. The summed E-state index contributed by atoms with van der Waals surface area (Å²) in [5, 5.41) is 13.8. The number of amides is 2. The number of anilines is 1. The van der Waals surface area contributed by atoms with Gasteiger partial charge in [0.25, 0.3) is 0 Å². The van der Waals surface area contributed by atoms with Gasteiger partial charge in [0, 0.05) is 16.1 Å². The molecule has 1 aromatic rings. The third kappa shape index (κ3) is 5.93. The van der Waals surface area contributed by atoms with Crippen LogP contribution < -0.4 is 10.6 Å². The second-order valence-electron chi connectivity index (χ2n) is 5.72. The van der Waals surface area contributed by atoms with Crippen molar-refractivity contribution in [3.8, 4) is 0 Å². The molecule has 1 aliphatic heterocycles. The lowest BCUT2D eigenvalue weighted by Crippen LogP contribution is -2.44. The maximum atomic E-state index is 12.3. The minimum absolute atomic E-state index is 0.00713. The average Bonchev–Trinajstić information content (AvgIpc) is 2.55. The topological polar surface area (TPSA) is 98.7 Å². The molecule has 0 aromatic heterocycles. The summed E-state index contributed by atoms with van der Waals surface area (Å²) in [6.45, 7) is 1.07. The Hall–Kier alpha value is -1.93. The SMILES string of the molecule is O=C(O)CNC(=O)CN1CCC(C(=O)Nc2ccc(Br)cc2)CC1. The van der Waals surface area contributed by atoms with Crippen LogP contribution in [0.5, 0.6) is 0 Å². The second-order valence-corrected chi connectivity index (χ2v) is 6.63. The number of carbonyl (C=O) groups is 3. The van der Waals surface area contributed by atoms with Gasteiger partial charge in [0.15, 0.2) is 0 Å². The maximum absolute atomic E-state index is 12.3. The zero-order valence-corrected chi connectivity index (χ0v) is 14.7. The number of likely N-dealkylation sites (tertiary alicyclic amines) is 1. The van der Waals surface area contributed by atoms with Crippen molar-refractivity contribution in [1.29, 1.82) is 0 Å². The number of nitrogens with zero attached hydrogens (tertiary/aromatic N) is 1. The van der Waals surface area contributed by atoms with E-state index in [2.05, 4.69) is 26.6 Å². The fourth-order valence-electron chi connectivity index (χ4n) is 2.56. The van der Waals surface area contributed by atoms with Gasteiger partial charge >= 0.3 is 5.97 Å². The molecule has 1 saturated heterocycles. The first-order chi connectivity index (χ1) is 11.4. The van der Waals surface area contributed by atoms with E-state index in [4.69, 9.17) is 5.11 Å². The van der Waals surface area contributed by atoms with Gasteiger partial charge in [-0.05, 0) is 50.2 Å². The summed E-state index contributed by atoms with van der Waals surface area (Å²) in [4.78, 5) is 36.2. The summed E-state index contributed by atoms with van der Waals surface area (Å²) >= 11 is 3.35. The molecule has 0 spiro atoms. The highest BCUT2D eigenvalue weighted by atomic mass is 79.9. The van der Waals surface area contributed by atoms with Crippen molar-refractivity contribution in [1.82, 2.24) is 10.2 Å². The van der Waals surface area contributed by atoms with Gasteiger partial charge in [-0.2, -0.15) is 0 Å². The number of aliphatic carboxylic acids is 1. The van der Waals surface area contributed by atoms with Crippen LogP contribution in [-0.2, 0) is 14.4 Å². The molecular weight excluding hydrogens is 378 g/mol. The quantitative estimate of drug-likeness (QED) is 0.671. The molecule has 0 atom stereocenters. The monoisotopic (exact) mass is 397 g/mol. The Bertz CT molecular complexity index is 598. The number of carboxylic acids is 1. The van der Waals surface area contributed by atoms with Crippen molar-refractivity contribution >= 4 is 39.4 Å². The van der Waals surface area contributed by atoms with Gasteiger partial charge in [-0.25, -0.2) is 0 Å². The van der Waals surface area contributed by atoms with E-state index in [9.17, 15) is 14.4 Å². The van der Waals surface area contributed by atoms with Crippen molar-refractivity contribution in [2.24, 2.45) is 5.92 Å². The molecule has 0 unspecified atom stereocenters. The van der Waals surface area contributed by atoms with Crippen LogP contribution in [0.2, 0.25) is 0 Å². The van der Waals surface area contributed by atoms with Crippen molar-refractivity contribution in [2.45, 2.75) is 12.8 Å². The van der Waals surface area contributed by atoms with Crippen LogP contribution in [0.15, 0.2) is 28.7 Å². The van der Waals surface area contributed by atoms with E-state index in [1.54, 1.807) is 0 Å². The van der Waals surface area contributed by atoms with Crippen molar-refractivity contribution in [3.63, 3.8) is 0 Å². The van der Waals surface area contributed by atoms with Gasteiger partial charge in [0.2, 0.25) is 11.8 Å². The minimum atomic E-state index is -1.06. The Morgan fingerprint density at radius 1 is 1.17 bits per heavy atom. The number of hydrogen-bond acceptors (Lipinski definition) is 4. The van der Waals surface area contributed by atoms with Gasteiger partial charge in [-0.1, -0.05) is 15.9 Å². The summed E-state index contributed by atoms with van der Waals surface area (Å²) in [5.41, 5.74) is 0.763. The molecule has 130 valence electrons. The highest BCUT2D eigenvalue weighted by Gasteiger charge is 2.26. The highest BCUT2D eigenvalue weighted by molar-refractivity contribution is 9.10. The second kappa shape index (κ2) is 8.79. The summed E-state index contributed by atoms with van der Waals surface area (Å²) < 4.78 is 0.954. The molecule has 0 bridgehead atoms. The zero-order chi connectivity index (χ0) is 17.5. The van der Waals surface area contributed by atoms with E-state index in [1.807, 2.05) is 29.2 Å². The molecular formula is C16H20BrN3O4. The highest BCUT2D eigenvalue weighted by Crippen LogP contribution is 2.20. The number of halogens is 1. The predicted octanol–water partition coefficient (Wildman–Crippen LogP) is 1.30. The molecule has 0 radical (unpaired) electrons. The van der Waals surface area contributed by atoms with Crippen LogP contribution in [0.4, 0.5) is 5.69 Å². The standard InChI is InChI=1S/C16H20BrN3O4/c17-12-1-3-13(4-2-12)19-16(24)11-5-7-20(8-6-11)10-14(21)18-9-15(22)23/h1-4,11H,5-10H2,(H,18,21)(H,19,24)(H,22,23). The van der Waals surface area contributed by atoms with Crippen LogP contribution in [0.3, 0.4) is 0 Å². The number of carboxylic acid groups (broad SMARTS) is 1. The molecule has 0 saturated carbocycles. The van der Waals surface area contributed by atoms with Crippen LogP contribution in [-0.4, -0.2) is 54.0 Å². The maximum Gasteiger partial charge on any atom is 0.322 e. The first-order valence-electron chi connectivity index (χ1n) is 7.71. The zero-order valence-electron chi connectivity index (χ0n) is 13.1. The van der Waals surface area contributed by atoms with Gasteiger partial charge in [-0.3, -0.25) is 19.3 Å². The fraction of sp³-hybridized carbons (Fsp3) is 0.438. The fourth-order valence-corrected chi connectivity index (χ4v) is 2.83. The minimum Gasteiger partial charge on any atom is -0.480 e. The average molecular weight is 398 g/mol. The summed E-state index contributed by atoms with van der Waals surface area (Å²) in [6, 6.07) is 7.41. The smallest absolute Gasteiger partial charge is 0.322 e. The number of hydrogen-bond donors (Lipinski definition) is 3. The molecule has 2 rings (SSSR count). The molecule has 2 amide bonds. The molecule has 8 heteroatoms. The van der Waals surface area contributed by atoms with E-state index in [1.165, 1.54) is 0 Å². The van der Waals surface area contributed by atoms with Gasteiger partial charge in [0.05, 0.1) is 6.54 Å². The molecule has 1 aliphatic rings. The van der Waals surface area contributed by atoms with E-state index in [-0.39, 0.29) is 30.8 Å². The van der Waals surface area contributed by atoms with Gasteiger partial charge < -0.3 is 15.7 Å². The van der Waals surface area contributed by atoms with Crippen LogP contribution >= 0.6 is 15.9 Å². The summed E-state index contributed by atoms with van der Waals surface area (Å²) in [6.07, 6.45) is 1.35. The molecule has 7 nitrogen and oxygen atoms in total. The van der Waals surface area contributed by atoms with Crippen molar-refractivity contribution < 1.29 is 19.5 Å². The van der Waals surface area contributed by atoms with E-state index < -0.39 is 5.97 Å². The van der Waals surface area contributed by atoms with Crippen LogP contribution in [0.25, 0.3) is 0 Å². The Balaban J connectivity index is 1.73. The Labute approximate surface area is 148 Å². The van der Waals surface area contributed by atoms with Crippen molar-refractivity contribution in [3.05, 3.63) is 28.7 Å². The molecule has 0 aliphatic carbocycles. The van der Waals surface area contributed by atoms with E-state index in [0.29, 0.717) is 25.9 Å². The predicted molar refractivity (Wildman–Crippen MR) is 92.6 cm³/mol. The number of nitrogens with one attached hydrogen (secondary N) is 2. The summed E-state index contributed by atoms with van der Waals surface area (Å²) in [5.74, 6) is -1.46. The summed E-state index contributed by atoms with van der Waals surface area (Å²) in [7, 11) is 0. The third-order valence-corrected chi connectivity index (χ3v) is 4.40. The number of rotatable bonds is 6. The number of piperidine rings is 1. The largest absolute Gasteiger partial charge is 0.480 e. The molecule has 1 aromatic carbocycles. The Morgan fingerprint density at radius 3 is 2.38 bits per heavy atom.